The number of aromatic nitrogens is 1. The minimum Gasteiger partial charge on any atom is -0.508 e. The van der Waals surface area contributed by atoms with Crippen molar-refractivity contribution in [3.8, 4) is 11.5 Å². The second-order valence-electron chi connectivity index (χ2n) is 5.39. The van der Waals surface area contributed by atoms with Crippen LogP contribution in [0.5, 0.6) is 11.5 Å². The van der Waals surface area contributed by atoms with E-state index in [2.05, 4.69) is 10.3 Å². The Morgan fingerprint density at radius 2 is 1.92 bits per heavy atom. The average molecular weight is 329 g/mol. The molecule has 0 aliphatic heterocycles. The first-order valence-electron chi connectivity index (χ1n) is 7.98. The van der Waals surface area contributed by atoms with E-state index < -0.39 is 6.23 Å². The lowest BCUT2D eigenvalue weighted by molar-refractivity contribution is 0.154. The van der Waals surface area contributed by atoms with E-state index in [1.165, 1.54) is 12.1 Å². The molecule has 2 aromatic rings. The van der Waals surface area contributed by atoms with Crippen LogP contribution in [0.4, 0.5) is 4.79 Å². The van der Waals surface area contributed by atoms with Crippen LogP contribution in [0.25, 0.3) is 0 Å². The first-order valence-corrected chi connectivity index (χ1v) is 7.98. The molecular weight excluding hydrogens is 306 g/mol. The summed E-state index contributed by atoms with van der Waals surface area (Å²) >= 11 is 0. The van der Waals surface area contributed by atoms with E-state index in [4.69, 9.17) is 4.74 Å². The highest BCUT2D eigenvalue weighted by molar-refractivity contribution is 5.74. The summed E-state index contributed by atoms with van der Waals surface area (Å²) in [7, 11) is 0. The molecule has 1 aromatic heterocycles. The van der Waals surface area contributed by atoms with Crippen LogP contribution in [0.1, 0.15) is 19.4 Å². The van der Waals surface area contributed by atoms with Crippen molar-refractivity contribution in [2.75, 3.05) is 13.1 Å². The Kier molecular flexibility index (Phi) is 6.42. The largest absolute Gasteiger partial charge is 0.508 e. The molecule has 2 N–H and O–H groups in total. The monoisotopic (exact) mass is 329 g/mol. The molecule has 1 aromatic carbocycles. The van der Waals surface area contributed by atoms with E-state index >= 15 is 0 Å². The number of phenolic OH excluding ortho intramolecular Hbond substituents is 1. The zero-order valence-electron chi connectivity index (χ0n) is 14.0. The number of benzene rings is 1. The third-order valence-corrected chi connectivity index (χ3v) is 3.57. The van der Waals surface area contributed by atoms with Crippen LogP contribution in [0, 0.1) is 0 Å². The molecule has 0 fully saturated rings. The van der Waals surface area contributed by atoms with E-state index in [1.54, 1.807) is 36.4 Å². The lowest BCUT2D eigenvalue weighted by Gasteiger charge is -2.24. The predicted molar refractivity (Wildman–Crippen MR) is 91.9 cm³/mol. The Balaban J connectivity index is 1.83. The van der Waals surface area contributed by atoms with E-state index in [9.17, 15) is 9.90 Å². The lowest BCUT2D eigenvalue weighted by atomic mass is 10.2. The average Bonchev–Trinajstić information content (AvgIpc) is 2.58. The van der Waals surface area contributed by atoms with Gasteiger partial charge in [-0.1, -0.05) is 0 Å². The van der Waals surface area contributed by atoms with Crippen LogP contribution in [0.3, 0.4) is 0 Å². The van der Waals surface area contributed by atoms with Crippen LogP contribution in [0.15, 0.2) is 48.8 Å². The van der Waals surface area contributed by atoms with Crippen molar-refractivity contribution in [2.24, 2.45) is 0 Å². The third kappa shape index (κ3) is 5.46. The van der Waals surface area contributed by atoms with Gasteiger partial charge in [0.15, 0.2) is 6.23 Å². The number of ether oxygens (including phenoxy) is 1. The van der Waals surface area contributed by atoms with Gasteiger partial charge >= 0.3 is 6.03 Å². The van der Waals surface area contributed by atoms with Crippen LogP contribution < -0.4 is 10.1 Å². The van der Waals surface area contributed by atoms with Gasteiger partial charge in [-0.25, -0.2) is 4.79 Å². The topological polar surface area (TPSA) is 74.7 Å². The molecule has 0 aliphatic rings. The number of hydrogen-bond donors (Lipinski definition) is 2. The minimum atomic E-state index is -0.475. The Bertz CT molecular complexity index is 632. The molecule has 0 aliphatic carbocycles. The standard InChI is InChI=1S/C18H23N3O3/c1-3-21(13-10-15-8-11-19-12-9-15)18(23)20-14(2)24-17-6-4-16(22)5-7-17/h4-9,11-12,14,22H,3,10,13H2,1-2H3,(H,20,23). The predicted octanol–water partition coefficient (Wildman–Crippen LogP) is 2.79. The number of likely N-dealkylation sites (N-methyl/N-ethyl adjacent to an activating group) is 1. The number of rotatable bonds is 7. The van der Waals surface area contributed by atoms with Gasteiger partial charge in [-0.3, -0.25) is 4.98 Å². The normalized spacial score (nSPS) is 11.6. The van der Waals surface area contributed by atoms with Gasteiger partial charge in [0.25, 0.3) is 0 Å². The molecule has 24 heavy (non-hydrogen) atoms. The van der Waals surface area contributed by atoms with Crippen LogP contribution >= 0.6 is 0 Å². The molecular formula is C18H23N3O3. The molecule has 6 heteroatoms. The van der Waals surface area contributed by atoms with E-state index in [1.807, 2.05) is 19.1 Å². The van der Waals surface area contributed by atoms with Gasteiger partial charge in [0.1, 0.15) is 11.5 Å². The maximum Gasteiger partial charge on any atom is 0.320 e. The Labute approximate surface area is 142 Å². The molecule has 128 valence electrons. The number of amides is 2. The molecule has 1 atom stereocenters. The van der Waals surface area contributed by atoms with E-state index in [-0.39, 0.29) is 11.8 Å². The highest BCUT2D eigenvalue weighted by Gasteiger charge is 2.15. The minimum absolute atomic E-state index is 0.169. The van der Waals surface area contributed by atoms with E-state index in [0.29, 0.717) is 18.8 Å². The smallest absolute Gasteiger partial charge is 0.320 e. The van der Waals surface area contributed by atoms with Crippen molar-refractivity contribution in [3.05, 3.63) is 54.4 Å². The number of pyridine rings is 1. The fourth-order valence-electron chi connectivity index (χ4n) is 2.24. The van der Waals surface area contributed by atoms with Gasteiger partial charge in [0.2, 0.25) is 0 Å². The molecule has 2 amide bonds. The van der Waals surface area contributed by atoms with Gasteiger partial charge in [0, 0.05) is 25.5 Å². The van der Waals surface area contributed by atoms with Crippen molar-refractivity contribution in [1.82, 2.24) is 15.2 Å². The van der Waals surface area contributed by atoms with E-state index in [0.717, 1.165) is 12.0 Å². The highest BCUT2D eigenvalue weighted by atomic mass is 16.5. The van der Waals surface area contributed by atoms with Gasteiger partial charge in [-0.05, 0) is 62.2 Å². The summed E-state index contributed by atoms with van der Waals surface area (Å²) < 4.78 is 5.62. The van der Waals surface area contributed by atoms with Gasteiger partial charge in [-0.2, -0.15) is 0 Å². The molecule has 2 rings (SSSR count). The van der Waals surface area contributed by atoms with Crippen LogP contribution in [0.2, 0.25) is 0 Å². The lowest BCUT2D eigenvalue weighted by Crippen LogP contribution is -2.46. The number of nitrogens with one attached hydrogen (secondary N) is 1. The Morgan fingerprint density at radius 1 is 1.25 bits per heavy atom. The maximum absolute atomic E-state index is 12.3. The van der Waals surface area contributed by atoms with Crippen LogP contribution in [-0.4, -0.2) is 40.3 Å². The summed E-state index contributed by atoms with van der Waals surface area (Å²) in [5.41, 5.74) is 1.14. The second-order valence-corrected chi connectivity index (χ2v) is 5.39. The first-order chi connectivity index (χ1) is 11.6. The summed E-state index contributed by atoms with van der Waals surface area (Å²) in [5.74, 6) is 0.757. The van der Waals surface area contributed by atoms with Gasteiger partial charge in [0.05, 0.1) is 0 Å². The zero-order chi connectivity index (χ0) is 17.4. The number of urea groups is 1. The molecule has 0 spiro atoms. The van der Waals surface area contributed by atoms with Gasteiger partial charge in [-0.15, -0.1) is 0 Å². The fourth-order valence-corrected chi connectivity index (χ4v) is 2.24. The summed E-state index contributed by atoms with van der Waals surface area (Å²) in [6, 6.07) is 10.1. The van der Waals surface area contributed by atoms with Crippen molar-refractivity contribution in [1.29, 1.82) is 0 Å². The Morgan fingerprint density at radius 3 is 2.54 bits per heavy atom. The third-order valence-electron chi connectivity index (χ3n) is 3.57. The fraction of sp³-hybridized carbons (Fsp3) is 0.333. The molecule has 1 unspecified atom stereocenters. The zero-order valence-corrected chi connectivity index (χ0v) is 14.0. The number of carbonyl (C=O) groups excluding carboxylic acids is 1. The molecule has 0 radical (unpaired) electrons. The molecule has 6 nitrogen and oxygen atoms in total. The SMILES string of the molecule is CCN(CCc1ccncc1)C(=O)NC(C)Oc1ccc(O)cc1. The second kappa shape index (κ2) is 8.76. The van der Waals surface area contributed by atoms with Gasteiger partial charge < -0.3 is 20.1 Å². The van der Waals surface area contributed by atoms with Crippen molar-refractivity contribution >= 4 is 6.03 Å². The first kappa shape index (κ1) is 17.6. The summed E-state index contributed by atoms with van der Waals surface area (Å²) in [6.45, 7) is 4.94. The quantitative estimate of drug-likeness (QED) is 0.766. The molecule has 0 bridgehead atoms. The summed E-state index contributed by atoms with van der Waals surface area (Å²) in [6.07, 6.45) is 3.80. The number of nitrogens with zero attached hydrogens (tertiary/aromatic N) is 2. The molecule has 0 saturated carbocycles. The molecule has 0 saturated heterocycles. The van der Waals surface area contributed by atoms with Crippen molar-refractivity contribution in [2.45, 2.75) is 26.5 Å². The summed E-state index contributed by atoms with van der Waals surface area (Å²) in [5, 5.41) is 12.1. The Hall–Kier alpha value is -2.76. The number of carbonyl (C=O) groups is 1. The highest BCUT2D eigenvalue weighted by Crippen LogP contribution is 2.16. The van der Waals surface area contributed by atoms with Crippen molar-refractivity contribution in [3.63, 3.8) is 0 Å². The number of phenols is 1. The maximum atomic E-state index is 12.3. The number of hydrogen-bond acceptors (Lipinski definition) is 4. The van der Waals surface area contributed by atoms with Crippen molar-refractivity contribution < 1.29 is 14.6 Å². The summed E-state index contributed by atoms with van der Waals surface area (Å²) in [4.78, 5) is 18.1. The number of aromatic hydroxyl groups is 1. The molecule has 1 heterocycles. The van der Waals surface area contributed by atoms with Crippen LogP contribution in [-0.2, 0) is 6.42 Å².